The van der Waals surface area contributed by atoms with Gasteiger partial charge < -0.3 is 15.0 Å². The summed E-state index contributed by atoms with van der Waals surface area (Å²) in [5.74, 6) is -0.205. The molecule has 0 spiro atoms. The highest BCUT2D eigenvalue weighted by Crippen LogP contribution is 2.23. The maximum absolute atomic E-state index is 13.4. The number of piperazine rings is 1. The van der Waals surface area contributed by atoms with Crippen LogP contribution >= 0.6 is 12.4 Å². The molecule has 21 heavy (non-hydrogen) atoms. The highest BCUT2D eigenvalue weighted by Gasteiger charge is 2.27. The Morgan fingerprint density at radius 3 is 3.05 bits per heavy atom. The minimum absolute atomic E-state index is 0. The van der Waals surface area contributed by atoms with E-state index in [1.165, 1.54) is 12.1 Å². The van der Waals surface area contributed by atoms with Crippen LogP contribution in [-0.2, 0) is 9.53 Å². The van der Waals surface area contributed by atoms with Crippen molar-refractivity contribution in [3.05, 3.63) is 35.6 Å². The predicted molar refractivity (Wildman–Crippen MR) is 82.1 cm³/mol. The highest BCUT2D eigenvalue weighted by molar-refractivity contribution is 5.85. The number of nitrogens with zero attached hydrogens (tertiary/aromatic N) is 1. The zero-order chi connectivity index (χ0) is 14.4. The molecule has 1 N–H and O–H groups in total. The Hall–Kier alpha value is -1.17. The molecule has 1 saturated heterocycles. The zero-order valence-corrected chi connectivity index (χ0v) is 13.0. The van der Waals surface area contributed by atoms with Gasteiger partial charge in [0, 0.05) is 26.2 Å². The number of benzene rings is 1. The molecular formula is C15H22ClFN2O2. The first kappa shape index (κ1) is 17.9. The van der Waals surface area contributed by atoms with Gasteiger partial charge in [-0.2, -0.15) is 0 Å². The minimum atomic E-state index is -0.269. The molecule has 1 heterocycles. The smallest absolute Gasteiger partial charge is 0.225 e. The van der Waals surface area contributed by atoms with E-state index in [1.807, 2.05) is 17.9 Å². The first-order valence-corrected chi connectivity index (χ1v) is 7.05. The molecule has 1 aromatic rings. The standard InChI is InChI=1S/C15H21FN2O2.ClH/c1-2-20-9-6-15(19)18-8-7-17-11-14(18)12-4-3-5-13(16)10-12;/h3-5,10,14,17H,2,6-9,11H2,1H3;1H. The van der Waals surface area contributed by atoms with Gasteiger partial charge >= 0.3 is 0 Å². The number of amides is 1. The summed E-state index contributed by atoms with van der Waals surface area (Å²) in [4.78, 5) is 14.1. The molecule has 4 nitrogen and oxygen atoms in total. The monoisotopic (exact) mass is 316 g/mol. The number of rotatable bonds is 5. The Morgan fingerprint density at radius 1 is 1.52 bits per heavy atom. The van der Waals surface area contributed by atoms with Crippen molar-refractivity contribution in [1.82, 2.24) is 10.2 Å². The van der Waals surface area contributed by atoms with Crippen LogP contribution in [0.4, 0.5) is 4.39 Å². The fourth-order valence-electron chi connectivity index (χ4n) is 2.46. The van der Waals surface area contributed by atoms with Crippen molar-refractivity contribution in [3.63, 3.8) is 0 Å². The maximum atomic E-state index is 13.4. The average Bonchev–Trinajstić information content (AvgIpc) is 2.47. The van der Waals surface area contributed by atoms with Gasteiger partial charge in [-0.05, 0) is 24.6 Å². The van der Waals surface area contributed by atoms with E-state index in [2.05, 4.69) is 5.32 Å². The topological polar surface area (TPSA) is 41.6 Å². The van der Waals surface area contributed by atoms with Crippen LogP contribution in [0.5, 0.6) is 0 Å². The molecular weight excluding hydrogens is 295 g/mol. The van der Waals surface area contributed by atoms with Crippen LogP contribution in [0, 0.1) is 5.82 Å². The Kier molecular flexibility index (Phi) is 7.64. The quantitative estimate of drug-likeness (QED) is 0.846. The number of halogens is 2. The maximum Gasteiger partial charge on any atom is 0.225 e. The lowest BCUT2D eigenvalue weighted by Crippen LogP contribution is -2.48. The molecule has 0 saturated carbocycles. The van der Waals surface area contributed by atoms with E-state index < -0.39 is 0 Å². The van der Waals surface area contributed by atoms with Crippen LogP contribution < -0.4 is 5.32 Å². The van der Waals surface area contributed by atoms with E-state index in [9.17, 15) is 9.18 Å². The summed E-state index contributed by atoms with van der Waals surface area (Å²) < 4.78 is 18.6. The lowest BCUT2D eigenvalue weighted by molar-refractivity contribution is -0.135. The van der Waals surface area contributed by atoms with E-state index in [1.54, 1.807) is 6.07 Å². The first-order chi connectivity index (χ1) is 9.72. The van der Waals surface area contributed by atoms with Crippen molar-refractivity contribution in [2.45, 2.75) is 19.4 Å². The Balaban J connectivity index is 0.00000220. The van der Waals surface area contributed by atoms with E-state index in [-0.39, 0.29) is 30.2 Å². The highest BCUT2D eigenvalue weighted by atomic mass is 35.5. The second-order valence-corrected chi connectivity index (χ2v) is 4.81. The molecule has 1 aliphatic rings. The average molecular weight is 317 g/mol. The van der Waals surface area contributed by atoms with Gasteiger partial charge in [-0.1, -0.05) is 12.1 Å². The zero-order valence-electron chi connectivity index (χ0n) is 12.2. The summed E-state index contributed by atoms with van der Waals surface area (Å²) in [7, 11) is 0. The van der Waals surface area contributed by atoms with Gasteiger partial charge in [-0.3, -0.25) is 4.79 Å². The molecule has 0 bridgehead atoms. The number of hydrogen-bond donors (Lipinski definition) is 1. The molecule has 6 heteroatoms. The Morgan fingerprint density at radius 2 is 2.33 bits per heavy atom. The fourth-order valence-corrected chi connectivity index (χ4v) is 2.46. The Labute approximate surface area is 131 Å². The molecule has 1 aliphatic heterocycles. The predicted octanol–water partition coefficient (Wildman–Crippen LogP) is 2.15. The first-order valence-electron chi connectivity index (χ1n) is 7.05. The molecule has 0 aromatic heterocycles. The van der Waals surface area contributed by atoms with Crippen molar-refractivity contribution in [3.8, 4) is 0 Å². The second kappa shape index (κ2) is 8.97. The van der Waals surface area contributed by atoms with Crippen LogP contribution in [0.2, 0.25) is 0 Å². The summed E-state index contributed by atoms with van der Waals surface area (Å²) in [5, 5.41) is 3.26. The van der Waals surface area contributed by atoms with Crippen molar-refractivity contribution in [2.24, 2.45) is 0 Å². The number of hydrogen-bond acceptors (Lipinski definition) is 3. The normalized spacial score (nSPS) is 18.2. The van der Waals surface area contributed by atoms with Gasteiger partial charge in [0.1, 0.15) is 5.82 Å². The van der Waals surface area contributed by atoms with E-state index in [4.69, 9.17) is 4.74 Å². The summed E-state index contributed by atoms with van der Waals surface area (Å²) in [6.45, 7) is 5.03. The number of carbonyl (C=O) groups is 1. The van der Waals surface area contributed by atoms with E-state index in [0.717, 1.165) is 12.1 Å². The SMILES string of the molecule is CCOCCC(=O)N1CCNCC1c1cccc(F)c1.Cl. The van der Waals surface area contributed by atoms with Crippen LogP contribution in [-0.4, -0.2) is 43.7 Å². The van der Waals surface area contributed by atoms with Gasteiger partial charge in [0.05, 0.1) is 19.1 Å². The van der Waals surface area contributed by atoms with Crippen molar-refractivity contribution < 1.29 is 13.9 Å². The molecule has 1 amide bonds. The summed E-state index contributed by atoms with van der Waals surface area (Å²) in [5.41, 5.74) is 0.835. The molecule has 118 valence electrons. The van der Waals surface area contributed by atoms with Crippen LogP contribution in [0.1, 0.15) is 24.9 Å². The third-order valence-electron chi connectivity index (χ3n) is 3.46. The number of ether oxygens (including phenoxy) is 1. The second-order valence-electron chi connectivity index (χ2n) is 4.81. The van der Waals surface area contributed by atoms with Crippen LogP contribution in [0.25, 0.3) is 0 Å². The molecule has 0 radical (unpaired) electrons. The van der Waals surface area contributed by atoms with Gasteiger partial charge in [0.25, 0.3) is 0 Å². The molecule has 1 fully saturated rings. The molecule has 1 unspecified atom stereocenters. The van der Waals surface area contributed by atoms with E-state index in [0.29, 0.717) is 32.7 Å². The lowest BCUT2D eigenvalue weighted by atomic mass is 10.0. The fraction of sp³-hybridized carbons (Fsp3) is 0.533. The van der Waals surface area contributed by atoms with Crippen molar-refractivity contribution >= 4 is 18.3 Å². The third-order valence-corrected chi connectivity index (χ3v) is 3.46. The van der Waals surface area contributed by atoms with Gasteiger partial charge in [-0.25, -0.2) is 4.39 Å². The molecule has 1 atom stereocenters. The molecule has 1 aromatic carbocycles. The third kappa shape index (κ3) is 4.95. The Bertz CT molecular complexity index is 459. The lowest BCUT2D eigenvalue weighted by Gasteiger charge is -2.36. The van der Waals surface area contributed by atoms with Gasteiger partial charge in [0.15, 0.2) is 0 Å². The van der Waals surface area contributed by atoms with E-state index >= 15 is 0 Å². The summed E-state index contributed by atoms with van der Waals surface area (Å²) in [6.07, 6.45) is 0.375. The number of carbonyl (C=O) groups excluding carboxylic acids is 1. The molecule has 2 rings (SSSR count). The summed E-state index contributed by atoms with van der Waals surface area (Å²) in [6, 6.07) is 6.36. The minimum Gasteiger partial charge on any atom is -0.381 e. The molecule has 0 aliphatic carbocycles. The summed E-state index contributed by atoms with van der Waals surface area (Å²) >= 11 is 0. The number of nitrogens with one attached hydrogen (secondary N) is 1. The van der Waals surface area contributed by atoms with Crippen molar-refractivity contribution in [1.29, 1.82) is 0 Å². The van der Waals surface area contributed by atoms with Crippen LogP contribution in [0.15, 0.2) is 24.3 Å². The van der Waals surface area contributed by atoms with Gasteiger partial charge in [0.2, 0.25) is 5.91 Å². The largest absolute Gasteiger partial charge is 0.381 e. The van der Waals surface area contributed by atoms with Gasteiger partial charge in [-0.15, -0.1) is 12.4 Å². The van der Waals surface area contributed by atoms with Crippen molar-refractivity contribution in [2.75, 3.05) is 32.8 Å². The van der Waals surface area contributed by atoms with Crippen LogP contribution in [0.3, 0.4) is 0 Å².